The van der Waals surface area contributed by atoms with E-state index < -0.39 is 10.0 Å². The van der Waals surface area contributed by atoms with Crippen LogP contribution >= 0.6 is 0 Å². The molecule has 21 heavy (non-hydrogen) atoms. The van der Waals surface area contributed by atoms with Crippen LogP contribution in [-0.2, 0) is 10.0 Å². The number of sulfonamides is 1. The Morgan fingerprint density at radius 2 is 1.86 bits per heavy atom. The van der Waals surface area contributed by atoms with Crippen LogP contribution in [-0.4, -0.2) is 42.1 Å². The highest BCUT2D eigenvalue weighted by atomic mass is 32.2. The van der Waals surface area contributed by atoms with Gasteiger partial charge in [0.05, 0.1) is 12.3 Å². The van der Waals surface area contributed by atoms with Crippen molar-refractivity contribution in [1.82, 2.24) is 4.31 Å². The summed E-state index contributed by atoms with van der Waals surface area (Å²) in [7, 11) is -3.51. The van der Waals surface area contributed by atoms with Gasteiger partial charge in [-0.2, -0.15) is 4.31 Å². The summed E-state index contributed by atoms with van der Waals surface area (Å²) in [6.45, 7) is 5.28. The van der Waals surface area contributed by atoms with E-state index in [1.165, 1.54) is 4.31 Å². The molecule has 1 rings (SSSR count). The van der Waals surface area contributed by atoms with E-state index in [0.717, 1.165) is 5.56 Å². The lowest BCUT2D eigenvalue weighted by Gasteiger charge is -2.26. The second-order valence-corrected chi connectivity index (χ2v) is 7.29. The highest BCUT2D eigenvalue weighted by molar-refractivity contribution is 7.89. The normalized spacial score (nSPS) is 14.6. The van der Waals surface area contributed by atoms with Gasteiger partial charge in [0.15, 0.2) is 5.84 Å². The van der Waals surface area contributed by atoms with Crippen LogP contribution < -0.4 is 5.73 Å². The summed E-state index contributed by atoms with van der Waals surface area (Å²) in [6, 6.07) is 9.21. The predicted octanol–water partition coefficient (Wildman–Crippen LogP) is 1.58. The van der Waals surface area contributed by atoms with E-state index in [4.69, 9.17) is 10.9 Å². The minimum absolute atomic E-state index is 0.0199. The zero-order valence-corrected chi connectivity index (χ0v) is 13.4. The third kappa shape index (κ3) is 5.02. The molecule has 1 aromatic carbocycles. The fourth-order valence-corrected chi connectivity index (χ4v) is 4.07. The first kappa shape index (κ1) is 17.5. The van der Waals surface area contributed by atoms with Gasteiger partial charge in [-0.25, -0.2) is 8.42 Å². The van der Waals surface area contributed by atoms with Crippen LogP contribution in [0.2, 0.25) is 0 Å². The van der Waals surface area contributed by atoms with Crippen LogP contribution in [0.25, 0.3) is 0 Å². The van der Waals surface area contributed by atoms with Gasteiger partial charge in [0.1, 0.15) is 0 Å². The first-order chi connectivity index (χ1) is 9.77. The standard InChI is InChI=1S/C14H23N3O3S/c1-11(2)17(9-14(15)16-18)21(19,20)10-12(3)13-7-5-4-6-8-13/h4-8,11-12,18H,9-10H2,1-3H3,(H2,15,16). The zero-order chi connectivity index (χ0) is 16.0. The van der Waals surface area contributed by atoms with E-state index in [1.807, 2.05) is 37.3 Å². The molecule has 0 heterocycles. The fourth-order valence-electron chi connectivity index (χ4n) is 2.08. The van der Waals surface area contributed by atoms with Crippen LogP contribution in [0, 0.1) is 0 Å². The van der Waals surface area contributed by atoms with Crippen molar-refractivity contribution in [2.24, 2.45) is 10.9 Å². The Hall–Kier alpha value is -1.60. The molecule has 0 aliphatic rings. The maximum absolute atomic E-state index is 12.5. The number of amidine groups is 1. The molecule has 0 aliphatic heterocycles. The molecule has 0 radical (unpaired) electrons. The van der Waals surface area contributed by atoms with Crippen LogP contribution in [0.4, 0.5) is 0 Å². The second kappa shape index (κ2) is 7.42. The van der Waals surface area contributed by atoms with E-state index in [1.54, 1.807) is 13.8 Å². The van der Waals surface area contributed by atoms with Gasteiger partial charge in [-0.3, -0.25) is 0 Å². The van der Waals surface area contributed by atoms with Gasteiger partial charge in [0.2, 0.25) is 10.0 Å². The van der Waals surface area contributed by atoms with Gasteiger partial charge >= 0.3 is 0 Å². The van der Waals surface area contributed by atoms with Gasteiger partial charge in [0, 0.05) is 6.04 Å². The largest absolute Gasteiger partial charge is 0.409 e. The molecule has 1 unspecified atom stereocenters. The van der Waals surface area contributed by atoms with Gasteiger partial charge in [0.25, 0.3) is 0 Å². The summed E-state index contributed by atoms with van der Waals surface area (Å²) >= 11 is 0. The van der Waals surface area contributed by atoms with Crippen molar-refractivity contribution in [3.8, 4) is 0 Å². The van der Waals surface area contributed by atoms with Crippen molar-refractivity contribution in [2.75, 3.05) is 12.3 Å². The van der Waals surface area contributed by atoms with E-state index in [9.17, 15) is 8.42 Å². The number of oxime groups is 1. The third-order valence-corrected chi connectivity index (χ3v) is 5.40. The Balaban J connectivity index is 2.92. The van der Waals surface area contributed by atoms with Crippen molar-refractivity contribution in [3.63, 3.8) is 0 Å². The van der Waals surface area contributed by atoms with Crippen LogP contribution in [0.5, 0.6) is 0 Å². The topological polar surface area (TPSA) is 96.0 Å². The first-order valence-electron chi connectivity index (χ1n) is 6.78. The summed E-state index contributed by atoms with van der Waals surface area (Å²) < 4.78 is 26.3. The number of rotatable bonds is 7. The Kier molecular flexibility index (Phi) is 6.17. The van der Waals surface area contributed by atoms with E-state index in [-0.39, 0.29) is 30.1 Å². The summed E-state index contributed by atoms with van der Waals surface area (Å²) in [5.41, 5.74) is 6.41. The maximum atomic E-state index is 12.5. The average Bonchev–Trinajstić information content (AvgIpc) is 2.44. The molecule has 0 aromatic heterocycles. The number of benzene rings is 1. The van der Waals surface area contributed by atoms with Gasteiger partial charge in [-0.05, 0) is 25.3 Å². The predicted molar refractivity (Wildman–Crippen MR) is 83.9 cm³/mol. The van der Waals surface area contributed by atoms with E-state index >= 15 is 0 Å². The van der Waals surface area contributed by atoms with Crippen LogP contribution in [0.3, 0.4) is 0 Å². The molecule has 1 aromatic rings. The molecule has 0 bridgehead atoms. The SMILES string of the molecule is CC(CS(=O)(=O)N(C/C(N)=N/O)C(C)C)c1ccccc1. The summed E-state index contributed by atoms with van der Waals surface area (Å²) in [5, 5.41) is 11.5. The molecule has 6 nitrogen and oxygen atoms in total. The van der Waals surface area contributed by atoms with Crippen LogP contribution in [0.15, 0.2) is 35.5 Å². The molecular formula is C14H23N3O3S. The molecule has 0 amide bonds. The Morgan fingerprint density at radius 3 is 2.33 bits per heavy atom. The molecule has 3 N–H and O–H groups in total. The minimum atomic E-state index is -3.51. The lowest BCUT2D eigenvalue weighted by Crippen LogP contribution is -2.44. The van der Waals surface area contributed by atoms with Crippen molar-refractivity contribution >= 4 is 15.9 Å². The Bertz CT molecular complexity index is 570. The Morgan fingerprint density at radius 1 is 1.29 bits per heavy atom. The summed E-state index contributed by atoms with van der Waals surface area (Å²) in [6.07, 6.45) is 0. The lowest BCUT2D eigenvalue weighted by molar-refractivity contribution is 0.312. The highest BCUT2D eigenvalue weighted by Crippen LogP contribution is 2.19. The average molecular weight is 313 g/mol. The molecule has 0 saturated carbocycles. The van der Waals surface area contributed by atoms with Crippen LogP contribution in [0.1, 0.15) is 32.3 Å². The third-order valence-electron chi connectivity index (χ3n) is 3.21. The Labute approximate surface area is 126 Å². The van der Waals surface area contributed by atoms with Gasteiger partial charge < -0.3 is 10.9 Å². The quantitative estimate of drug-likeness (QED) is 0.346. The number of nitrogens with two attached hydrogens (primary N) is 1. The smallest absolute Gasteiger partial charge is 0.215 e. The first-order valence-corrected chi connectivity index (χ1v) is 8.39. The molecule has 118 valence electrons. The van der Waals surface area contributed by atoms with E-state index in [2.05, 4.69) is 5.16 Å². The fraction of sp³-hybridized carbons (Fsp3) is 0.500. The lowest BCUT2D eigenvalue weighted by atomic mass is 10.0. The molecule has 0 saturated heterocycles. The maximum Gasteiger partial charge on any atom is 0.215 e. The number of nitrogens with zero attached hydrogens (tertiary/aromatic N) is 2. The second-order valence-electron chi connectivity index (χ2n) is 5.32. The molecule has 0 aliphatic carbocycles. The monoisotopic (exact) mass is 313 g/mol. The molecular weight excluding hydrogens is 290 g/mol. The highest BCUT2D eigenvalue weighted by Gasteiger charge is 2.28. The number of hydrogen-bond donors (Lipinski definition) is 2. The van der Waals surface area contributed by atoms with Crippen molar-refractivity contribution in [1.29, 1.82) is 0 Å². The molecule has 0 fully saturated rings. The minimum Gasteiger partial charge on any atom is -0.409 e. The van der Waals surface area contributed by atoms with E-state index in [0.29, 0.717) is 0 Å². The van der Waals surface area contributed by atoms with Gasteiger partial charge in [-0.1, -0.05) is 42.4 Å². The molecule has 0 spiro atoms. The summed E-state index contributed by atoms with van der Waals surface area (Å²) in [4.78, 5) is 0. The van der Waals surface area contributed by atoms with Crippen molar-refractivity contribution in [2.45, 2.75) is 32.7 Å². The van der Waals surface area contributed by atoms with Gasteiger partial charge in [-0.15, -0.1) is 0 Å². The zero-order valence-electron chi connectivity index (χ0n) is 12.6. The van der Waals surface area contributed by atoms with Crippen molar-refractivity contribution < 1.29 is 13.6 Å². The summed E-state index contributed by atoms with van der Waals surface area (Å²) in [5.74, 6) is -0.280. The molecule has 1 atom stereocenters. The molecule has 7 heteroatoms. The number of hydrogen-bond acceptors (Lipinski definition) is 4. The van der Waals surface area contributed by atoms with Crippen molar-refractivity contribution in [3.05, 3.63) is 35.9 Å².